The monoisotopic (exact) mass is 382 g/mol. The molecule has 0 saturated heterocycles. The molecule has 0 aromatic heterocycles. The largest absolute Gasteiger partial charge is 0.507 e. The number of hydrogen-bond donors (Lipinski definition) is 1. The van der Waals surface area contributed by atoms with Gasteiger partial charge in [0.05, 0.1) is 0 Å². The fraction of sp³-hybridized carbons (Fsp3) is 0.286. The zero-order valence-corrected chi connectivity index (χ0v) is 18.3. The van der Waals surface area contributed by atoms with Crippen molar-refractivity contribution in [3.8, 4) is 16.9 Å². The molecule has 4 aromatic rings. The average Bonchev–Trinajstić information content (AvgIpc) is 2.65. The fourth-order valence-corrected chi connectivity index (χ4v) is 4.15. The van der Waals surface area contributed by atoms with Crippen LogP contribution in [0.2, 0.25) is 0 Å². The molecule has 0 heterocycles. The Kier molecular flexibility index (Phi) is 4.46. The second-order valence-electron chi connectivity index (χ2n) is 10.1. The summed E-state index contributed by atoms with van der Waals surface area (Å²) in [5.41, 5.74) is 4.23. The van der Waals surface area contributed by atoms with E-state index < -0.39 is 0 Å². The van der Waals surface area contributed by atoms with Gasteiger partial charge in [0.2, 0.25) is 0 Å². The Hall–Kier alpha value is -2.80. The van der Waals surface area contributed by atoms with Crippen LogP contribution in [0.25, 0.3) is 32.7 Å². The molecule has 29 heavy (non-hydrogen) atoms. The van der Waals surface area contributed by atoms with Gasteiger partial charge in [-0.2, -0.15) is 0 Å². The molecule has 4 aromatic carbocycles. The maximum atomic E-state index is 11.5. The standard InChI is InChI=1S/C28H30O/c1-27(2,3)20-14-15-22-19(16-20)17-24(28(4,5)6)26(29)25(22)23-13-9-11-18-10-7-8-12-21(18)23/h7-17,29H,1-6H3. The van der Waals surface area contributed by atoms with E-state index in [-0.39, 0.29) is 10.8 Å². The molecule has 0 bridgehead atoms. The van der Waals surface area contributed by atoms with Crippen molar-refractivity contribution in [2.24, 2.45) is 0 Å². The molecule has 0 aliphatic carbocycles. The van der Waals surface area contributed by atoms with Crippen LogP contribution in [0.5, 0.6) is 5.75 Å². The third-order valence-corrected chi connectivity index (χ3v) is 5.85. The van der Waals surface area contributed by atoms with Gasteiger partial charge in [-0.3, -0.25) is 0 Å². The van der Waals surface area contributed by atoms with Crippen LogP contribution in [0.4, 0.5) is 0 Å². The minimum absolute atomic E-state index is 0.0770. The van der Waals surface area contributed by atoms with Crippen LogP contribution in [0.3, 0.4) is 0 Å². The Morgan fingerprint density at radius 2 is 1.31 bits per heavy atom. The van der Waals surface area contributed by atoms with E-state index in [4.69, 9.17) is 0 Å². The predicted octanol–water partition coefficient (Wildman–Crippen LogP) is 7.96. The number of phenolic OH excluding ortho intramolecular Hbond substituents is 1. The van der Waals surface area contributed by atoms with Gasteiger partial charge in [0.1, 0.15) is 5.75 Å². The molecule has 0 amide bonds. The molecular formula is C28H30O. The van der Waals surface area contributed by atoms with Gasteiger partial charge in [-0.1, -0.05) is 102 Å². The minimum atomic E-state index is -0.157. The number of hydrogen-bond acceptors (Lipinski definition) is 1. The van der Waals surface area contributed by atoms with Crippen molar-refractivity contribution in [1.82, 2.24) is 0 Å². The van der Waals surface area contributed by atoms with Crippen LogP contribution in [-0.4, -0.2) is 5.11 Å². The summed E-state index contributed by atoms with van der Waals surface area (Å²) < 4.78 is 0. The highest BCUT2D eigenvalue weighted by Gasteiger charge is 2.24. The highest BCUT2D eigenvalue weighted by Crippen LogP contribution is 2.46. The Labute approximate surface area is 174 Å². The second kappa shape index (κ2) is 6.62. The summed E-state index contributed by atoms with van der Waals surface area (Å²) in [4.78, 5) is 0. The minimum Gasteiger partial charge on any atom is -0.507 e. The molecule has 1 heteroatoms. The Morgan fingerprint density at radius 1 is 0.621 bits per heavy atom. The molecule has 0 fully saturated rings. The Bertz CT molecular complexity index is 1210. The zero-order chi connectivity index (χ0) is 21.0. The molecule has 0 aliphatic heterocycles. The van der Waals surface area contributed by atoms with Crippen molar-refractivity contribution < 1.29 is 5.11 Å². The average molecular weight is 383 g/mol. The first-order valence-corrected chi connectivity index (χ1v) is 10.4. The molecule has 0 radical (unpaired) electrons. The quantitative estimate of drug-likeness (QED) is 0.354. The van der Waals surface area contributed by atoms with E-state index in [1.807, 2.05) is 0 Å². The first-order valence-electron chi connectivity index (χ1n) is 10.4. The topological polar surface area (TPSA) is 20.2 Å². The summed E-state index contributed by atoms with van der Waals surface area (Å²) in [5, 5.41) is 16.1. The first kappa shape index (κ1) is 19.5. The lowest BCUT2D eigenvalue weighted by atomic mass is 9.80. The number of rotatable bonds is 1. The number of fused-ring (bicyclic) bond motifs is 2. The van der Waals surface area contributed by atoms with Gasteiger partial charge in [-0.05, 0) is 49.6 Å². The molecule has 148 valence electrons. The van der Waals surface area contributed by atoms with Crippen molar-refractivity contribution >= 4 is 21.5 Å². The van der Waals surface area contributed by atoms with Crippen molar-refractivity contribution in [2.45, 2.75) is 52.4 Å². The van der Waals surface area contributed by atoms with Gasteiger partial charge in [0.25, 0.3) is 0 Å². The second-order valence-corrected chi connectivity index (χ2v) is 10.1. The SMILES string of the molecule is CC(C)(C)c1ccc2c(-c3cccc4ccccc34)c(O)c(C(C)(C)C)cc2c1. The summed E-state index contributed by atoms with van der Waals surface area (Å²) >= 11 is 0. The van der Waals surface area contributed by atoms with Gasteiger partial charge >= 0.3 is 0 Å². The number of phenols is 1. The summed E-state index contributed by atoms with van der Waals surface area (Å²) in [7, 11) is 0. The summed E-state index contributed by atoms with van der Waals surface area (Å²) in [6.07, 6.45) is 0. The molecule has 0 unspecified atom stereocenters. The van der Waals surface area contributed by atoms with E-state index in [1.165, 1.54) is 16.3 Å². The van der Waals surface area contributed by atoms with Crippen molar-refractivity contribution in [3.63, 3.8) is 0 Å². The first-order chi connectivity index (χ1) is 13.6. The van der Waals surface area contributed by atoms with E-state index in [9.17, 15) is 5.11 Å². The van der Waals surface area contributed by atoms with Crippen molar-refractivity contribution in [2.75, 3.05) is 0 Å². The molecule has 0 saturated carbocycles. The number of aromatic hydroxyl groups is 1. The Balaban J connectivity index is 2.16. The normalized spacial score (nSPS) is 12.6. The number of benzene rings is 4. The zero-order valence-electron chi connectivity index (χ0n) is 18.3. The van der Waals surface area contributed by atoms with Crippen molar-refractivity contribution in [3.05, 3.63) is 77.9 Å². The van der Waals surface area contributed by atoms with E-state index in [0.717, 1.165) is 27.5 Å². The molecule has 1 N–H and O–H groups in total. The highest BCUT2D eigenvalue weighted by molar-refractivity contribution is 6.08. The third-order valence-electron chi connectivity index (χ3n) is 5.85. The van der Waals surface area contributed by atoms with Gasteiger partial charge in [0.15, 0.2) is 0 Å². The molecule has 1 nitrogen and oxygen atoms in total. The smallest absolute Gasteiger partial charge is 0.127 e. The van der Waals surface area contributed by atoms with Gasteiger partial charge in [0, 0.05) is 11.1 Å². The van der Waals surface area contributed by atoms with Crippen LogP contribution in [0, 0.1) is 0 Å². The molecule has 0 spiro atoms. The maximum Gasteiger partial charge on any atom is 0.127 e. The van der Waals surface area contributed by atoms with E-state index in [2.05, 4.69) is 108 Å². The molecule has 0 atom stereocenters. The van der Waals surface area contributed by atoms with Gasteiger partial charge in [-0.25, -0.2) is 0 Å². The van der Waals surface area contributed by atoms with Gasteiger partial charge < -0.3 is 5.11 Å². The molecule has 0 aliphatic rings. The van der Waals surface area contributed by atoms with Crippen molar-refractivity contribution in [1.29, 1.82) is 0 Å². The molecule has 4 rings (SSSR count). The predicted molar refractivity (Wildman–Crippen MR) is 126 cm³/mol. The van der Waals surface area contributed by atoms with Crippen LogP contribution in [0.1, 0.15) is 52.7 Å². The highest BCUT2D eigenvalue weighted by atomic mass is 16.3. The van der Waals surface area contributed by atoms with Crippen LogP contribution < -0.4 is 0 Å². The van der Waals surface area contributed by atoms with Crippen LogP contribution >= 0.6 is 0 Å². The Morgan fingerprint density at radius 3 is 2.00 bits per heavy atom. The van der Waals surface area contributed by atoms with E-state index in [1.54, 1.807) is 0 Å². The summed E-state index contributed by atoms with van der Waals surface area (Å²) in [5.74, 6) is 0.393. The van der Waals surface area contributed by atoms with Crippen LogP contribution in [-0.2, 0) is 10.8 Å². The van der Waals surface area contributed by atoms with E-state index in [0.29, 0.717) is 5.75 Å². The lowest BCUT2D eigenvalue weighted by molar-refractivity contribution is 0.449. The van der Waals surface area contributed by atoms with Gasteiger partial charge in [-0.15, -0.1) is 0 Å². The summed E-state index contributed by atoms with van der Waals surface area (Å²) in [6.45, 7) is 13.2. The lowest BCUT2D eigenvalue weighted by Crippen LogP contribution is -2.13. The summed E-state index contributed by atoms with van der Waals surface area (Å²) in [6, 6.07) is 23.6. The third kappa shape index (κ3) is 3.40. The fourth-order valence-electron chi connectivity index (χ4n) is 4.15. The lowest BCUT2D eigenvalue weighted by Gasteiger charge is -2.25. The maximum absolute atomic E-state index is 11.5. The van der Waals surface area contributed by atoms with Crippen LogP contribution in [0.15, 0.2) is 66.7 Å². The molecular weight excluding hydrogens is 352 g/mol. The van der Waals surface area contributed by atoms with E-state index >= 15 is 0 Å².